The Morgan fingerprint density at radius 3 is 2.73 bits per heavy atom. The monoisotopic (exact) mass is 413 g/mol. The third-order valence-corrected chi connectivity index (χ3v) is 5.78. The number of primary amides is 1. The van der Waals surface area contributed by atoms with Gasteiger partial charge in [-0.25, -0.2) is 9.97 Å². The summed E-state index contributed by atoms with van der Waals surface area (Å²) >= 11 is 1.52. The molecule has 1 aromatic carbocycles. The average molecular weight is 413 g/mol. The minimum absolute atomic E-state index is 0.0978. The van der Waals surface area contributed by atoms with Gasteiger partial charge < -0.3 is 10.7 Å². The van der Waals surface area contributed by atoms with Crippen molar-refractivity contribution in [1.29, 1.82) is 0 Å². The van der Waals surface area contributed by atoms with Crippen molar-refractivity contribution in [2.75, 3.05) is 0 Å². The second-order valence-corrected chi connectivity index (χ2v) is 8.09. The molecule has 0 aliphatic carbocycles. The highest BCUT2D eigenvalue weighted by Crippen LogP contribution is 2.36. The van der Waals surface area contributed by atoms with Gasteiger partial charge in [0.25, 0.3) is 11.5 Å². The third kappa shape index (κ3) is 3.03. The van der Waals surface area contributed by atoms with E-state index in [2.05, 4.69) is 15.0 Å². The Morgan fingerprint density at radius 1 is 1.10 bits per heavy atom. The van der Waals surface area contributed by atoms with E-state index in [-0.39, 0.29) is 5.56 Å². The van der Waals surface area contributed by atoms with E-state index in [1.54, 1.807) is 12.4 Å². The number of hydrogen-bond donors (Lipinski definition) is 2. The maximum absolute atomic E-state index is 12.2. The van der Waals surface area contributed by atoms with E-state index >= 15 is 0 Å². The van der Waals surface area contributed by atoms with Crippen LogP contribution in [0.4, 0.5) is 0 Å². The smallest absolute Gasteiger partial charge is 0.262 e. The van der Waals surface area contributed by atoms with Gasteiger partial charge in [-0.15, -0.1) is 11.3 Å². The summed E-state index contributed by atoms with van der Waals surface area (Å²) in [6, 6.07) is 13.3. The van der Waals surface area contributed by atoms with Crippen LogP contribution in [0.3, 0.4) is 0 Å². The number of amides is 1. The second kappa shape index (κ2) is 6.85. The molecule has 5 aromatic rings. The number of aryl methyl sites for hydroxylation is 1. The third-order valence-electron chi connectivity index (χ3n) is 4.86. The summed E-state index contributed by atoms with van der Waals surface area (Å²) in [6.45, 7) is 1.93. The number of hydrogen-bond acceptors (Lipinski definition) is 6. The summed E-state index contributed by atoms with van der Waals surface area (Å²) in [5.74, 6) is -0.779. The van der Waals surface area contributed by atoms with Gasteiger partial charge in [0, 0.05) is 28.7 Å². The van der Waals surface area contributed by atoms with Gasteiger partial charge in [0.2, 0.25) is 0 Å². The first-order chi connectivity index (χ1) is 14.5. The van der Waals surface area contributed by atoms with Crippen LogP contribution in [0.15, 0.2) is 59.7 Å². The number of rotatable bonds is 3. The molecule has 0 radical (unpaired) electrons. The molecule has 0 unspecified atom stereocenters. The van der Waals surface area contributed by atoms with Crippen molar-refractivity contribution >= 4 is 39.2 Å². The van der Waals surface area contributed by atoms with Crippen LogP contribution < -0.4 is 11.3 Å². The number of aromatic nitrogens is 4. The molecule has 0 saturated carbocycles. The SMILES string of the molecule is Cc1ncc(-c2nc3[nH]c(=O)c(C(N)=O)cc3cc2-c2ccc3ncccc3c2)s1. The lowest BCUT2D eigenvalue weighted by molar-refractivity contribution is 0.0999. The zero-order chi connectivity index (χ0) is 20.8. The zero-order valence-corrected chi connectivity index (χ0v) is 16.7. The van der Waals surface area contributed by atoms with Crippen molar-refractivity contribution in [3.8, 4) is 21.7 Å². The fraction of sp³-hybridized carbons (Fsp3) is 0.0455. The van der Waals surface area contributed by atoms with E-state index in [4.69, 9.17) is 10.7 Å². The normalized spacial score (nSPS) is 11.2. The molecular weight excluding hydrogens is 398 g/mol. The highest BCUT2D eigenvalue weighted by molar-refractivity contribution is 7.15. The molecule has 5 rings (SSSR count). The molecule has 0 aliphatic rings. The number of aromatic amines is 1. The second-order valence-electron chi connectivity index (χ2n) is 6.85. The molecule has 0 atom stereocenters. The molecule has 0 spiro atoms. The predicted octanol–water partition coefficient (Wildman–Crippen LogP) is 3.67. The van der Waals surface area contributed by atoms with E-state index in [1.807, 2.05) is 43.3 Å². The van der Waals surface area contributed by atoms with Crippen molar-refractivity contribution in [2.24, 2.45) is 5.73 Å². The number of nitrogens with zero attached hydrogens (tertiary/aromatic N) is 3. The van der Waals surface area contributed by atoms with Crippen LogP contribution in [0.25, 0.3) is 43.6 Å². The van der Waals surface area contributed by atoms with Crippen molar-refractivity contribution in [3.63, 3.8) is 0 Å². The molecule has 30 heavy (non-hydrogen) atoms. The molecule has 7 nitrogen and oxygen atoms in total. The number of nitrogens with one attached hydrogen (secondary N) is 1. The first kappa shape index (κ1) is 18.1. The fourth-order valence-corrected chi connectivity index (χ4v) is 4.22. The van der Waals surface area contributed by atoms with Gasteiger partial charge in [-0.2, -0.15) is 0 Å². The lowest BCUT2D eigenvalue weighted by Gasteiger charge is -2.11. The lowest BCUT2D eigenvalue weighted by Crippen LogP contribution is -2.23. The summed E-state index contributed by atoms with van der Waals surface area (Å²) < 4.78 is 0. The molecule has 0 saturated heterocycles. The van der Waals surface area contributed by atoms with E-state index in [0.29, 0.717) is 16.7 Å². The fourth-order valence-electron chi connectivity index (χ4n) is 3.44. The van der Waals surface area contributed by atoms with Gasteiger partial charge >= 0.3 is 0 Å². The molecular formula is C22H15N5O2S. The quantitative estimate of drug-likeness (QED) is 0.468. The molecule has 1 amide bonds. The molecule has 8 heteroatoms. The summed E-state index contributed by atoms with van der Waals surface area (Å²) in [5, 5.41) is 2.54. The summed E-state index contributed by atoms with van der Waals surface area (Å²) in [6.07, 6.45) is 3.53. The highest BCUT2D eigenvalue weighted by atomic mass is 32.1. The minimum Gasteiger partial charge on any atom is -0.365 e. The first-order valence-corrected chi connectivity index (χ1v) is 9.97. The standard InChI is InChI=1S/C22H15N5O2S/c1-11-25-10-18(30-11)19-15(12-4-5-17-13(7-12)3-2-6-24-17)8-14-9-16(20(23)28)22(29)27-21(14)26-19/h2-10H,1H3,(H2,23,28)(H,26,27,29). The highest BCUT2D eigenvalue weighted by Gasteiger charge is 2.16. The Kier molecular flexibility index (Phi) is 4.14. The Morgan fingerprint density at radius 2 is 1.97 bits per heavy atom. The van der Waals surface area contributed by atoms with Crippen molar-refractivity contribution in [1.82, 2.24) is 19.9 Å². The number of benzene rings is 1. The number of carbonyl (C=O) groups is 1. The van der Waals surface area contributed by atoms with Crippen LogP contribution in [0.5, 0.6) is 0 Å². The number of nitrogens with two attached hydrogens (primary N) is 1. The number of thiazole rings is 1. The predicted molar refractivity (Wildman–Crippen MR) is 117 cm³/mol. The summed E-state index contributed by atoms with van der Waals surface area (Å²) in [4.78, 5) is 40.8. The molecule has 0 bridgehead atoms. The van der Waals surface area contributed by atoms with E-state index < -0.39 is 11.5 Å². The van der Waals surface area contributed by atoms with Crippen LogP contribution in [-0.2, 0) is 0 Å². The summed E-state index contributed by atoms with van der Waals surface area (Å²) in [5.41, 5.74) is 8.48. The van der Waals surface area contributed by atoms with Crippen molar-refractivity contribution in [3.05, 3.63) is 75.8 Å². The molecule has 4 aromatic heterocycles. The van der Waals surface area contributed by atoms with Crippen LogP contribution >= 0.6 is 11.3 Å². The topological polar surface area (TPSA) is 115 Å². The molecule has 0 fully saturated rings. The maximum atomic E-state index is 12.2. The Balaban J connectivity index is 1.83. The zero-order valence-electron chi connectivity index (χ0n) is 15.8. The van der Waals surface area contributed by atoms with E-state index in [0.717, 1.165) is 31.9 Å². The van der Waals surface area contributed by atoms with Crippen molar-refractivity contribution < 1.29 is 4.79 Å². The summed E-state index contributed by atoms with van der Waals surface area (Å²) in [7, 11) is 0. The van der Waals surface area contributed by atoms with Gasteiger partial charge in [0.1, 0.15) is 11.2 Å². The average Bonchev–Trinajstić information content (AvgIpc) is 3.18. The van der Waals surface area contributed by atoms with Gasteiger partial charge in [0.05, 0.1) is 21.1 Å². The van der Waals surface area contributed by atoms with Gasteiger partial charge in [-0.05, 0) is 42.8 Å². The Hall–Kier alpha value is -3.91. The first-order valence-electron chi connectivity index (χ1n) is 9.15. The largest absolute Gasteiger partial charge is 0.365 e. The van der Waals surface area contributed by atoms with E-state index in [9.17, 15) is 9.59 Å². The lowest BCUT2D eigenvalue weighted by atomic mass is 9.99. The van der Waals surface area contributed by atoms with Gasteiger partial charge in [-0.1, -0.05) is 12.1 Å². The van der Waals surface area contributed by atoms with Gasteiger partial charge in [0.15, 0.2) is 0 Å². The van der Waals surface area contributed by atoms with E-state index in [1.165, 1.54) is 17.4 Å². The van der Waals surface area contributed by atoms with Crippen LogP contribution in [-0.4, -0.2) is 25.8 Å². The Bertz CT molecular complexity index is 1520. The Labute approximate surface area is 174 Å². The number of H-pyrrole nitrogens is 1. The molecule has 3 N–H and O–H groups in total. The molecule has 146 valence electrons. The number of carbonyl (C=O) groups excluding carboxylic acids is 1. The minimum atomic E-state index is -0.779. The van der Waals surface area contributed by atoms with Crippen LogP contribution in [0.1, 0.15) is 15.4 Å². The van der Waals surface area contributed by atoms with Gasteiger partial charge in [-0.3, -0.25) is 14.6 Å². The number of fused-ring (bicyclic) bond motifs is 2. The molecule has 4 heterocycles. The van der Waals surface area contributed by atoms with Crippen LogP contribution in [0, 0.1) is 6.92 Å². The maximum Gasteiger partial charge on any atom is 0.262 e. The van der Waals surface area contributed by atoms with Crippen LogP contribution in [0.2, 0.25) is 0 Å². The van der Waals surface area contributed by atoms with Crippen molar-refractivity contribution in [2.45, 2.75) is 6.92 Å². The molecule has 0 aliphatic heterocycles. The number of pyridine rings is 3.